The van der Waals surface area contributed by atoms with Crippen LogP contribution in [0.4, 0.5) is 0 Å². The Morgan fingerprint density at radius 3 is 2.76 bits per heavy atom. The van der Waals surface area contributed by atoms with Gasteiger partial charge in [0.25, 0.3) is 0 Å². The molecule has 0 aromatic carbocycles. The average molecular weight is 344 g/mol. The molecule has 1 aliphatic carbocycles. The van der Waals surface area contributed by atoms with E-state index < -0.39 is 0 Å². The van der Waals surface area contributed by atoms with Crippen molar-refractivity contribution in [3.63, 3.8) is 0 Å². The van der Waals surface area contributed by atoms with Crippen LogP contribution >= 0.6 is 0 Å². The molecule has 1 aliphatic heterocycles. The summed E-state index contributed by atoms with van der Waals surface area (Å²) in [6.45, 7) is 6.90. The molecule has 0 radical (unpaired) electrons. The number of nitrogens with zero attached hydrogens (tertiary/aromatic N) is 4. The Balaban J connectivity index is 1.49. The molecule has 2 aliphatic rings. The van der Waals surface area contributed by atoms with Gasteiger partial charge in [-0.15, -0.1) is 0 Å². The monoisotopic (exact) mass is 344 g/mol. The van der Waals surface area contributed by atoms with E-state index in [-0.39, 0.29) is 0 Å². The maximum absolute atomic E-state index is 6.32. The maximum Gasteiger partial charge on any atom is 0.138 e. The molecule has 0 unspecified atom stereocenters. The topological polar surface area (TPSA) is 56.3 Å². The molecule has 1 saturated heterocycles. The van der Waals surface area contributed by atoms with Crippen molar-refractivity contribution in [3.05, 3.63) is 35.0 Å². The smallest absolute Gasteiger partial charge is 0.138 e. The molecule has 0 spiro atoms. The third-order valence-electron chi connectivity index (χ3n) is 5.59. The Morgan fingerprint density at radius 1 is 1.28 bits per heavy atom. The molecule has 2 atom stereocenters. The molecule has 136 valence electrons. The Hall–Kier alpha value is -1.66. The first kappa shape index (κ1) is 16.8. The fourth-order valence-electron chi connectivity index (χ4n) is 3.83. The lowest BCUT2D eigenvalue weighted by molar-refractivity contribution is 0.0196. The first-order valence-corrected chi connectivity index (χ1v) is 9.35. The Bertz CT molecular complexity index is 699. The molecule has 2 aromatic rings. The van der Waals surface area contributed by atoms with Crippen molar-refractivity contribution in [1.82, 2.24) is 19.8 Å². The first-order valence-electron chi connectivity index (χ1n) is 9.35. The van der Waals surface area contributed by atoms with Crippen molar-refractivity contribution < 1.29 is 9.26 Å². The van der Waals surface area contributed by atoms with Crippen LogP contribution in [0.25, 0.3) is 0 Å². The minimum absolute atomic E-state index is 0.307. The van der Waals surface area contributed by atoms with E-state index in [0.29, 0.717) is 12.1 Å². The SMILES string of the molecule is Cc1noc(C)c1CN1CC[C@H](OCC2CC2)[C@H]1Cc1cnn(C)c1. The van der Waals surface area contributed by atoms with Gasteiger partial charge in [-0.2, -0.15) is 5.10 Å². The number of hydrogen-bond donors (Lipinski definition) is 0. The van der Waals surface area contributed by atoms with Crippen molar-refractivity contribution in [2.24, 2.45) is 13.0 Å². The number of hydrogen-bond acceptors (Lipinski definition) is 5. The van der Waals surface area contributed by atoms with E-state index in [1.807, 2.05) is 31.8 Å². The molecular formula is C19H28N4O2. The van der Waals surface area contributed by atoms with Crippen LogP contribution in [0.3, 0.4) is 0 Å². The van der Waals surface area contributed by atoms with Gasteiger partial charge in [0.1, 0.15) is 5.76 Å². The molecule has 6 nitrogen and oxygen atoms in total. The van der Waals surface area contributed by atoms with Crippen molar-refractivity contribution in [3.8, 4) is 0 Å². The van der Waals surface area contributed by atoms with Crippen molar-refractivity contribution in [2.45, 2.75) is 58.2 Å². The summed E-state index contributed by atoms with van der Waals surface area (Å²) in [4.78, 5) is 2.54. The summed E-state index contributed by atoms with van der Waals surface area (Å²) >= 11 is 0. The minimum Gasteiger partial charge on any atom is -0.376 e. The zero-order valence-electron chi connectivity index (χ0n) is 15.4. The highest BCUT2D eigenvalue weighted by Crippen LogP contribution is 2.32. The predicted octanol–water partition coefficient (Wildman–Crippen LogP) is 2.64. The van der Waals surface area contributed by atoms with Gasteiger partial charge in [0, 0.05) is 44.5 Å². The first-order chi connectivity index (χ1) is 12.1. The molecule has 0 N–H and O–H groups in total. The highest BCUT2D eigenvalue weighted by atomic mass is 16.5. The number of ether oxygens (including phenoxy) is 1. The largest absolute Gasteiger partial charge is 0.376 e. The molecular weight excluding hydrogens is 316 g/mol. The van der Waals surface area contributed by atoms with Gasteiger partial charge in [0.2, 0.25) is 0 Å². The third-order valence-corrected chi connectivity index (χ3v) is 5.59. The predicted molar refractivity (Wildman–Crippen MR) is 94.2 cm³/mol. The van der Waals surface area contributed by atoms with Crippen molar-refractivity contribution >= 4 is 0 Å². The molecule has 3 heterocycles. The summed E-state index contributed by atoms with van der Waals surface area (Å²) in [7, 11) is 1.97. The lowest BCUT2D eigenvalue weighted by atomic mass is 10.0. The van der Waals surface area contributed by atoms with Gasteiger partial charge in [-0.25, -0.2) is 0 Å². The van der Waals surface area contributed by atoms with E-state index in [9.17, 15) is 0 Å². The summed E-state index contributed by atoms with van der Waals surface area (Å²) in [6, 6.07) is 0.386. The van der Waals surface area contributed by atoms with Crippen molar-refractivity contribution in [2.75, 3.05) is 13.2 Å². The molecule has 6 heteroatoms. The van der Waals surface area contributed by atoms with Gasteiger partial charge < -0.3 is 9.26 Å². The summed E-state index contributed by atoms with van der Waals surface area (Å²) in [6.07, 6.45) is 9.15. The van der Waals surface area contributed by atoms with E-state index >= 15 is 0 Å². The lowest BCUT2D eigenvalue weighted by Gasteiger charge is -2.28. The second-order valence-electron chi connectivity index (χ2n) is 7.67. The van der Waals surface area contributed by atoms with Crippen LogP contribution < -0.4 is 0 Å². The van der Waals surface area contributed by atoms with Crippen LogP contribution in [0.15, 0.2) is 16.9 Å². The Kier molecular flexibility index (Phi) is 4.65. The van der Waals surface area contributed by atoms with Crippen LogP contribution in [0.1, 0.15) is 41.8 Å². The van der Waals surface area contributed by atoms with Gasteiger partial charge >= 0.3 is 0 Å². The van der Waals surface area contributed by atoms with Gasteiger partial charge in [-0.1, -0.05) is 5.16 Å². The summed E-state index contributed by atoms with van der Waals surface area (Å²) < 4.78 is 13.6. The Labute approximate surface area is 149 Å². The molecule has 2 fully saturated rings. The second kappa shape index (κ2) is 6.92. The summed E-state index contributed by atoms with van der Waals surface area (Å²) in [5.41, 5.74) is 3.50. The van der Waals surface area contributed by atoms with E-state index in [1.165, 1.54) is 24.0 Å². The highest BCUT2D eigenvalue weighted by molar-refractivity contribution is 5.21. The average Bonchev–Trinajstić information content (AvgIpc) is 3.11. The lowest BCUT2D eigenvalue weighted by Crippen LogP contribution is -2.38. The number of rotatable bonds is 7. The van der Waals surface area contributed by atoms with Crippen LogP contribution in [0, 0.1) is 19.8 Å². The minimum atomic E-state index is 0.307. The Morgan fingerprint density at radius 2 is 2.12 bits per heavy atom. The molecule has 0 bridgehead atoms. The summed E-state index contributed by atoms with van der Waals surface area (Å²) in [5.74, 6) is 1.73. The molecule has 2 aromatic heterocycles. The number of aryl methyl sites for hydroxylation is 3. The second-order valence-corrected chi connectivity index (χ2v) is 7.67. The third kappa shape index (κ3) is 3.80. The maximum atomic E-state index is 6.32. The standard InChI is InChI=1S/C19H28N4O2/c1-13-17(14(2)25-21-13)11-23-7-6-19(24-12-15-4-5-15)18(23)8-16-9-20-22(3)10-16/h9-10,15,18-19H,4-8,11-12H2,1-3H3/t18-,19+/m1/s1. The van der Waals surface area contributed by atoms with Crippen molar-refractivity contribution in [1.29, 1.82) is 0 Å². The summed E-state index contributed by atoms with van der Waals surface area (Å²) in [5, 5.41) is 8.44. The highest BCUT2D eigenvalue weighted by Gasteiger charge is 2.37. The molecule has 25 heavy (non-hydrogen) atoms. The molecule has 1 saturated carbocycles. The normalized spacial score (nSPS) is 24.3. The van der Waals surface area contributed by atoms with E-state index in [0.717, 1.165) is 49.9 Å². The quantitative estimate of drug-likeness (QED) is 0.773. The van der Waals surface area contributed by atoms with E-state index in [4.69, 9.17) is 9.26 Å². The number of likely N-dealkylation sites (tertiary alicyclic amines) is 1. The number of aromatic nitrogens is 3. The zero-order valence-corrected chi connectivity index (χ0v) is 15.4. The van der Waals surface area contributed by atoms with Gasteiger partial charge in [-0.05, 0) is 51.0 Å². The van der Waals surface area contributed by atoms with Gasteiger partial charge in [0.05, 0.1) is 18.0 Å². The van der Waals surface area contributed by atoms with Gasteiger partial charge in [0.15, 0.2) is 0 Å². The van der Waals surface area contributed by atoms with E-state index in [2.05, 4.69) is 21.4 Å². The molecule has 0 amide bonds. The molecule has 4 rings (SSSR count). The fourth-order valence-corrected chi connectivity index (χ4v) is 3.83. The van der Waals surface area contributed by atoms with E-state index in [1.54, 1.807) is 0 Å². The zero-order chi connectivity index (χ0) is 17.4. The van der Waals surface area contributed by atoms with Crippen LogP contribution in [0.2, 0.25) is 0 Å². The fraction of sp³-hybridized carbons (Fsp3) is 0.684. The van der Waals surface area contributed by atoms with Crippen LogP contribution in [-0.2, 0) is 24.8 Å². The van der Waals surface area contributed by atoms with Crippen LogP contribution in [-0.4, -0.2) is 45.1 Å². The van der Waals surface area contributed by atoms with Gasteiger partial charge in [-0.3, -0.25) is 9.58 Å². The van der Waals surface area contributed by atoms with Crippen LogP contribution in [0.5, 0.6) is 0 Å².